The first-order valence-corrected chi connectivity index (χ1v) is 10.2. The largest absolute Gasteiger partial charge is 0.478 e. The Kier molecular flexibility index (Phi) is 6.07. The molecule has 2 heterocycles. The van der Waals surface area contributed by atoms with Gasteiger partial charge in [0.2, 0.25) is 0 Å². The van der Waals surface area contributed by atoms with Crippen molar-refractivity contribution in [2.75, 3.05) is 5.32 Å². The molecule has 0 radical (unpaired) electrons. The summed E-state index contributed by atoms with van der Waals surface area (Å²) in [7, 11) is 0. The Balaban J connectivity index is 1.45. The molecule has 0 spiro atoms. The average molecular weight is 426 g/mol. The van der Waals surface area contributed by atoms with Crippen LogP contribution in [0.15, 0.2) is 79.3 Å². The molecule has 0 aliphatic carbocycles. The molecule has 0 aliphatic heterocycles. The number of carboxylic acid groups (broad SMARTS) is 1. The van der Waals surface area contributed by atoms with Gasteiger partial charge in [-0.05, 0) is 42.7 Å². The molecule has 0 unspecified atom stereocenters. The number of hydrogen-bond acceptors (Lipinski definition) is 4. The van der Waals surface area contributed by atoms with Crippen molar-refractivity contribution < 1.29 is 14.7 Å². The van der Waals surface area contributed by atoms with Crippen molar-refractivity contribution in [3.05, 3.63) is 102 Å². The van der Waals surface area contributed by atoms with E-state index < -0.39 is 5.97 Å². The van der Waals surface area contributed by atoms with Gasteiger partial charge in [0, 0.05) is 30.1 Å². The van der Waals surface area contributed by atoms with Gasteiger partial charge in [0.15, 0.2) is 0 Å². The van der Waals surface area contributed by atoms with Gasteiger partial charge >= 0.3 is 5.97 Å². The van der Waals surface area contributed by atoms with Crippen LogP contribution in [-0.4, -0.2) is 31.7 Å². The number of benzene rings is 2. The van der Waals surface area contributed by atoms with E-state index in [1.54, 1.807) is 54.5 Å². The van der Waals surface area contributed by atoms with Gasteiger partial charge in [-0.3, -0.25) is 14.5 Å². The second-order valence-electron chi connectivity index (χ2n) is 7.42. The first-order chi connectivity index (χ1) is 15.5. The van der Waals surface area contributed by atoms with Crippen LogP contribution in [0.25, 0.3) is 11.1 Å². The number of carbonyl (C=O) groups is 2. The maximum atomic E-state index is 12.8. The highest BCUT2D eigenvalue weighted by atomic mass is 16.4. The summed E-state index contributed by atoms with van der Waals surface area (Å²) in [5.41, 5.74) is 4.22. The van der Waals surface area contributed by atoms with Crippen LogP contribution in [0, 0.1) is 6.92 Å². The maximum absolute atomic E-state index is 12.8. The third-order valence-electron chi connectivity index (χ3n) is 5.14. The Bertz CT molecular complexity index is 1270. The lowest BCUT2D eigenvalue weighted by Crippen LogP contribution is -2.11. The van der Waals surface area contributed by atoms with Crippen LogP contribution in [0.4, 0.5) is 5.69 Å². The summed E-state index contributed by atoms with van der Waals surface area (Å²) in [5, 5.41) is 16.5. The SMILES string of the molecule is Cc1ncc(-c2cccc(C(=O)Nc3cnn(CCc4ccccc4)c3)c2)cc1C(=O)O. The van der Waals surface area contributed by atoms with Gasteiger partial charge < -0.3 is 10.4 Å². The number of aryl methyl sites for hydroxylation is 3. The van der Waals surface area contributed by atoms with Gasteiger partial charge in [-0.15, -0.1) is 0 Å². The fourth-order valence-electron chi connectivity index (χ4n) is 3.39. The zero-order chi connectivity index (χ0) is 22.5. The predicted octanol–water partition coefficient (Wildman–Crippen LogP) is 4.45. The van der Waals surface area contributed by atoms with Gasteiger partial charge in [-0.2, -0.15) is 5.10 Å². The number of nitrogens with zero attached hydrogens (tertiary/aromatic N) is 3. The molecule has 0 fully saturated rings. The van der Waals surface area contributed by atoms with E-state index in [9.17, 15) is 14.7 Å². The summed E-state index contributed by atoms with van der Waals surface area (Å²) in [6, 6.07) is 18.7. The molecular formula is C25H22N4O3. The summed E-state index contributed by atoms with van der Waals surface area (Å²) in [5.74, 6) is -1.30. The predicted molar refractivity (Wildman–Crippen MR) is 122 cm³/mol. The normalized spacial score (nSPS) is 10.7. The Morgan fingerprint density at radius 3 is 2.59 bits per heavy atom. The fourth-order valence-corrected chi connectivity index (χ4v) is 3.39. The third kappa shape index (κ3) is 4.89. The summed E-state index contributed by atoms with van der Waals surface area (Å²) >= 11 is 0. The Morgan fingerprint density at radius 1 is 1.00 bits per heavy atom. The summed E-state index contributed by atoms with van der Waals surface area (Å²) < 4.78 is 1.80. The van der Waals surface area contributed by atoms with Crippen molar-refractivity contribution in [3.8, 4) is 11.1 Å². The fraction of sp³-hybridized carbons (Fsp3) is 0.120. The monoisotopic (exact) mass is 426 g/mol. The molecule has 7 nitrogen and oxygen atoms in total. The van der Waals surface area contributed by atoms with E-state index in [0.29, 0.717) is 34.6 Å². The number of nitrogens with one attached hydrogen (secondary N) is 1. The van der Waals surface area contributed by atoms with Crippen LogP contribution in [0.2, 0.25) is 0 Å². The third-order valence-corrected chi connectivity index (χ3v) is 5.14. The molecule has 7 heteroatoms. The van der Waals surface area contributed by atoms with Crippen molar-refractivity contribution in [2.24, 2.45) is 0 Å². The molecule has 0 bridgehead atoms. The molecule has 4 aromatic rings. The molecular weight excluding hydrogens is 404 g/mol. The number of rotatable bonds is 7. The van der Waals surface area contributed by atoms with Crippen LogP contribution >= 0.6 is 0 Å². The molecule has 0 aliphatic rings. The van der Waals surface area contributed by atoms with Crippen LogP contribution in [0.5, 0.6) is 0 Å². The van der Waals surface area contributed by atoms with E-state index >= 15 is 0 Å². The number of pyridine rings is 1. The van der Waals surface area contributed by atoms with Crippen molar-refractivity contribution in [1.29, 1.82) is 0 Å². The van der Waals surface area contributed by atoms with Crippen molar-refractivity contribution in [1.82, 2.24) is 14.8 Å². The smallest absolute Gasteiger partial charge is 0.337 e. The van der Waals surface area contributed by atoms with Crippen LogP contribution in [0.1, 0.15) is 32.0 Å². The van der Waals surface area contributed by atoms with E-state index in [2.05, 4.69) is 27.5 Å². The summed E-state index contributed by atoms with van der Waals surface area (Å²) in [6.07, 6.45) is 5.87. The van der Waals surface area contributed by atoms with Gasteiger partial charge in [0.05, 0.1) is 23.1 Å². The van der Waals surface area contributed by atoms with Crippen molar-refractivity contribution in [3.63, 3.8) is 0 Å². The number of hydrogen-bond donors (Lipinski definition) is 2. The molecule has 32 heavy (non-hydrogen) atoms. The lowest BCUT2D eigenvalue weighted by atomic mass is 10.0. The number of aromatic nitrogens is 3. The summed E-state index contributed by atoms with van der Waals surface area (Å²) in [6.45, 7) is 2.36. The van der Waals surface area contributed by atoms with Crippen LogP contribution < -0.4 is 5.32 Å². The molecule has 4 rings (SSSR count). The number of anilines is 1. The minimum absolute atomic E-state index is 0.139. The lowest BCUT2D eigenvalue weighted by molar-refractivity contribution is 0.0695. The minimum atomic E-state index is -1.03. The molecule has 0 saturated carbocycles. The van der Waals surface area contributed by atoms with Gasteiger partial charge in [0.25, 0.3) is 5.91 Å². The van der Waals surface area contributed by atoms with Crippen molar-refractivity contribution >= 4 is 17.6 Å². The molecule has 2 aromatic carbocycles. The summed E-state index contributed by atoms with van der Waals surface area (Å²) in [4.78, 5) is 28.3. The van der Waals surface area contributed by atoms with E-state index in [-0.39, 0.29) is 11.5 Å². The van der Waals surface area contributed by atoms with E-state index in [4.69, 9.17) is 0 Å². The standard InChI is InChI=1S/C25H22N4O3/c1-17-23(25(31)32)13-21(14-26-17)19-8-5-9-20(12-19)24(30)28-22-15-27-29(16-22)11-10-18-6-3-2-4-7-18/h2-9,12-16H,10-11H2,1H3,(H,28,30)(H,31,32). The quantitative estimate of drug-likeness (QED) is 0.455. The highest BCUT2D eigenvalue weighted by molar-refractivity contribution is 6.04. The van der Waals surface area contributed by atoms with Crippen molar-refractivity contribution in [2.45, 2.75) is 19.9 Å². The van der Waals surface area contributed by atoms with E-state index in [0.717, 1.165) is 6.42 Å². The highest BCUT2D eigenvalue weighted by Gasteiger charge is 2.13. The van der Waals surface area contributed by atoms with Gasteiger partial charge in [-0.1, -0.05) is 42.5 Å². The molecule has 160 valence electrons. The molecule has 2 N–H and O–H groups in total. The maximum Gasteiger partial charge on any atom is 0.337 e. The number of amides is 1. The highest BCUT2D eigenvalue weighted by Crippen LogP contribution is 2.23. The number of carbonyl (C=O) groups excluding carboxylic acids is 1. The molecule has 0 saturated heterocycles. The van der Waals surface area contributed by atoms with E-state index in [1.807, 2.05) is 24.3 Å². The second kappa shape index (κ2) is 9.26. The topological polar surface area (TPSA) is 97.1 Å². The molecule has 0 atom stereocenters. The number of aromatic carboxylic acids is 1. The molecule has 2 aromatic heterocycles. The number of carboxylic acids is 1. The van der Waals surface area contributed by atoms with Gasteiger partial charge in [-0.25, -0.2) is 4.79 Å². The zero-order valence-corrected chi connectivity index (χ0v) is 17.5. The zero-order valence-electron chi connectivity index (χ0n) is 17.5. The Morgan fingerprint density at radius 2 is 1.81 bits per heavy atom. The second-order valence-corrected chi connectivity index (χ2v) is 7.42. The van der Waals surface area contributed by atoms with Gasteiger partial charge in [0.1, 0.15) is 0 Å². The average Bonchev–Trinajstić information content (AvgIpc) is 3.26. The molecule has 1 amide bonds. The first kappa shape index (κ1) is 21.0. The lowest BCUT2D eigenvalue weighted by Gasteiger charge is -2.08. The van der Waals surface area contributed by atoms with Crippen LogP contribution in [-0.2, 0) is 13.0 Å². The first-order valence-electron chi connectivity index (χ1n) is 10.2. The van der Waals surface area contributed by atoms with Crippen LogP contribution in [0.3, 0.4) is 0 Å². The Hall–Kier alpha value is -4.26. The minimum Gasteiger partial charge on any atom is -0.478 e. The van der Waals surface area contributed by atoms with E-state index in [1.165, 1.54) is 5.56 Å². The Labute approximate surface area is 185 Å².